The van der Waals surface area contributed by atoms with Gasteiger partial charge in [0.1, 0.15) is 0 Å². The second kappa shape index (κ2) is 5.12. The molecule has 2 heterocycles. The van der Waals surface area contributed by atoms with Crippen molar-refractivity contribution in [1.29, 1.82) is 0 Å². The molecular formula is C7H11N5O4S2. The van der Waals surface area contributed by atoms with Crippen LogP contribution in [0.25, 0.3) is 0 Å². The van der Waals surface area contributed by atoms with E-state index < -0.39 is 22.1 Å². The molecule has 9 nitrogen and oxygen atoms in total. The number of piperidine rings is 1. The molecule has 2 rings (SSSR count). The number of carboxylic acid groups (broad SMARTS) is 1. The van der Waals surface area contributed by atoms with Gasteiger partial charge >= 0.3 is 16.2 Å². The van der Waals surface area contributed by atoms with Crippen molar-refractivity contribution in [2.24, 2.45) is 5.92 Å². The summed E-state index contributed by atoms with van der Waals surface area (Å²) in [5.74, 6) is -1.35. The second-order valence-electron chi connectivity index (χ2n) is 3.79. The number of aliphatic carboxylic acids is 1. The Labute approximate surface area is 107 Å². The van der Waals surface area contributed by atoms with Gasteiger partial charge in [-0.1, -0.05) is 9.59 Å². The van der Waals surface area contributed by atoms with Gasteiger partial charge in [-0.2, -0.15) is 12.7 Å². The van der Waals surface area contributed by atoms with Crippen molar-refractivity contribution < 1.29 is 18.3 Å². The van der Waals surface area contributed by atoms with Gasteiger partial charge in [-0.3, -0.25) is 4.79 Å². The van der Waals surface area contributed by atoms with Crippen LogP contribution in [0.2, 0.25) is 0 Å². The number of carbonyl (C=O) groups is 1. The highest BCUT2D eigenvalue weighted by Crippen LogP contribution is 2.21. The molecule has 1 aliphatic rings. The van der Waals surface area contributed by atoms with Crippen LogP contribution >= 0.6 is 11.5 Å². The molecule has 0 radical (unpaired) electrons. The predicted molar refractivity (Wildman–Crippen MR) is 62.2 cm³/mol. The molecule has 1 aliphatic heterocycles. The first-order chi connectivity index (χ1) is 8.49. The van der Waals surface area contributed by atoms with Crippen LogP contribution in [0, 0.1) is 5.92 Å². The van der Waals surface area contributed by atoms with Gasteiger partial charge in [-0.15, -0.1) is 0 Å². The minimum absolute atomic E-state index is 0.0929. The third kappa shape index (κ3) is 2.91. The van der Waals surface area contributed by atoms with E-state index in [2.05, 4.69) is 19.5 Å². The molecule has 1 aromatic rings. The van der Waals surface area contributed by atoms with Crippen LogP contribution in [-0.4, -0.2) is 51.7 Å². The van der Waals surface area contributed by atoms with E-state index in [9.17, 15) is 13.2 Å². The summed E-state index contributed by atoms with van der Waals surface area (Å²) >= 11 is 0.836. The summed E-state index contributed by atoms with van der Waals surface area (Å²) in [5.41, 5.74) is 0. The monoisotopic (exact) mass is 293 g/mol. The van der Waals surface area contributed by atoms with Gasteiger partial charge < -0.3 is 5.11 Å². The Morgan fingerprint density at radius 3 is 2.61 bits per heavy atom. The summed E-state index contributed by atoms with van der Waals surface area (Å²) in [6.45, 7) is 0.358. The number of aromatic nitrogens is 3. The molecule has 11 heteroatoms. The highest BCUT2D eigenvalue weighted by molar-refractivity contribution is 7.90. The lowest BCUT2D eigenvalue weighted by molar-refractivity contribution is -0.142. The Balaban J connectivity index is 1.98. The van der Waals surface area contributed by atoms with E-state index >= 15 is 0 Å². The van der Waals surface area contributed by atoms with E-state index in [0.29, 0.717) is 12.8 Å². The first-order valence-corrected chi connectivity index (χ1v) is 7.36. The van der Waals surface area contributed by atoms with E-state index in [4.69, 9.17) is 5.11 Å². The van der Waals surface area contributed by atoms with Crippen LogP contribution in [0.15, 0.2) is 0 Å². The van der Waals surface area contributed by atoms with Gasteiger partial charge in [0.15, 0.2) is 0 Å². The minimum Gasteiger partial charge on any atom is -0.481 e. The predicted octanol–water partition coefficient (Wildman–Crippen LogP) is -0.614. The lowest BCUT2D eigenvalue weighted by Crippen LogP contribution is -2.42. The number of rotatable bonds is 4. The van der Waals surface area contributed by atoms with Gasteiger partial charge in [-0.05, 0) is 18.1 Å². The average molecular weight is 293 g/mol. The molecule has 0 saturated carbocycles. The number of nitrogens with zero attached hydrogens (tertiary/aromatic N) is 4. The Hall–Kier alpha value is -1.33. The van der Waals surface area contributed by atoms with Crippen molar-refractivity contribution in [1.82, 2.24) is 19.1 Å². The zero-order chi connectivity index (χ0) is 13.2. The quantitative estimate of drug-likeness (QED) is 0.758. The first-order valence-electron chi connectivity index (χ1n) is 5.15. The minimum atomic E-state index is -3.70. The Morgan fingerprint density at radius 2 is 2.11 bits per heavy atom. The fraction of sp³-hybridized carbons (Fsp3) is 0.714. The molecule has 1 fully saturated rings. The Kier molecular flexibility index (Phi) is 3.73. The SMILES string of the molecule is O=C(O)C1CCN(S(=O)(=O)Nc2nnns2)CC1. The molecule has 1 aromatic heterocycles. The number of nitrogens with one attached hydrogen (secondary N) is 1. The smallest absolute Gasteiger partial charge is 0.306 e. The molecule has 0 aromatic carbocycles. The van der Waals surface area contributed by atoms with E-state index in [-0.39, 0.29) is 18.2 Å². The normalized spacial score (nSPS) is 18.7. The molecule has 0 spiro atoms. The van der Waals surface area contributed by atoms with Crippen LogP contribution in [0.5, 0.6) is 0 Å². The molecule has 1 saturated heterocycles. The summed E-state index contributed by atoms with van der Waals surface area (Å²) in [4.78, 5) is 10.8. The second-order valence-corrected chi connectivity index (χ2v) is 6.19. The zero-order valence-electron chi connectivity index (χ0n) is 9.18. The Morgan fingerprint density at radius 1 is 1.44 bits per heavy atom. The van der Waals surface area contributed by atoms with Crippen LogP contribution in [0.1, 0.15) is 12.8 Å². The molecule has 0 amide bonds. The molecule has 100 valence electrons. The van der Waals surface area contributed by atoms with Gasteiger partial charge in [-0.25, -0.2) is 4.72 Å². The van der Waals surface area contributed by atoms with E-state index in [1.807, 2.05) is 0 Å². The van der Waals surface area contributed by atoms with Crippen LogP contribution in [0.3, 0.4) is 0 Å². The van der Waals surface area contributed by atoms with Crippen molar-refractivity contribution in [3.8, 4) is 0 Å². The Bertz CT molecular complexity index is 508. The number of carboxylic acids is 1. The van der Waals surface area contributed by atoms with Crippen molar-refractivity contribution in [2.75, 3.05) is 17.8 Å². The van der Waals surface area contributed by atoms with E-state index in [1.165, 1.54) is 4.31 Å². The summed E-state index contributed by atoms with van der Waals surface area (Å²) in [6, 6.07) is 0. The summed E-state index contributed by atoms with van der Waals surface area (Å²) in [5, 5.41) is 15.7. The maximum Gasteiger partial charge on any atom is 0.306 e. The first kappa shape index (κ1) is 13.1. The van der Waals surface area contributed by atoms with Crippen molar-refractivity contribution >= 4 is 32.8 Å². The largest absolute Gasteiger partial charge is 0.481 e. The highest BCUT2D eigenvalue weighted by atomic mass is 32.2. The topological polar surface area (TPSA) is 125 Å². The third-order valence-electron chi connectivity index (χ3n) is 2.66. The zero-order valence-corrected chi connectivity index (χ0v) is 10.8. The summed E-state index contributed by atoms with van der Waals surface area (Å²) in [6.07, 6.45) is 0.620. The average Bonchev–Trinajstić information content (AvgIpc) is 2.81. The van der Waals surface area contributed by atoms with Gasteiger partial charge in [0, 0.05) is 24.6 Å². The number of hydrogen-bond acceptors (Lipinski definition) is 7. The molecule has 0 atom stereocenters. The lowest BCUT2D eigenvalue weighted by Gasteiger charge is -2.28. The van der Waals surface area contributed by atoms with Gasteiger partial charge in [0.2, 0.25) is 5.13 Å². The van der Waals surface area contributed by atoms with E-state index in [0.717, 1.165) is 11.5 Å². The summed E-state index contributed by atoms with van der Waals surface area (Å²) in [7, 11) is -3.70. The summed E-state index contributed by atoms with van der Waals surface area (Å²) < 4.78 is 30.7. The maximum atomic E-state index is 11.9. The fourth-order valence-corrected chi connectivity index (χ4v) is 3.46. The highest BCUT2D eigenvalue weighted by Gasteiger charge is 2.31. The van der Waals surface area contributed by atoms with Crippen LogP contribution < -0.4 is 4.72 Å². The van der Waals surface area contributed by atoms with Crippen molar-refractivity contribution in [3.63, 3.8) is 0 Å². The molecule has 2 N–H and O–H groups in total. The molecular weight excluding hydrogens is 282 g/mol. The van der Waals surface area contributed by atoms with Crippen molar-refractivity contribution in [2.45, 2.75) is 12.8 Å². The lowest BCUT2D eigenvalue weighted by atomic mass is 9.99. The molecule has 0 unspecified atom stereocenters. The van der Waals surface area contributed by atoms with Crippen LogP contribution in [0.4, 0.5) is 5.13 Å². The van der Waals surface area contributed by atoms with Gasteiger partial charge in [0.05, 0.1) is 5.92 Å². The van der Waals surface area contributed by atoms with E-state index in [1.54, 1.807) is 0 Å². The maximum absolute atomic E-state index is 11.9. The van der Waals surface area contributed by atoms with Crippen LogP contribution in [-0.2, 0) is 15.0 Å². The molecule has 18 heavy (non-hydrogen) atoms. The third-order valence-corrected chi connectivity index (χ3v) is 4.80. The molecule has 0 bridgehead atoms. The standard InChI is InChI=1S/C7H11N5O4S2/c13-6(14)5-1-3-12(4-2-5)18(15,16)9-7-8-10-11-17-7/h5H,1-4H2,(H,13,14)(H,8,9,11). The number of anilines is 1. The molecule has 0 aliphatic carbocycles. The fourth-order valence-electron chi connectivity index (χ4n) is 1.69. The van der Waals surface area contributed by atoms with Crippen molar-refractivity contribution in [3.05, 3.63) is 0 Å². The van der Waals surface area contributed by atoms with Gasteiger partial charge in [0.25, 0.3) is 0 Å². The number of hydrogen-bond donors (Lipinski definition) is 2.